The molecule has 2 aliphatic rings. The van der Waals surface area contributed by atoms with Gasteiger partial charge in [0.15, 0.2) is 0 Å². The quantitative estimate of drug-likeness (QED) is 0.730. The number of hydrogen-bond acceptors (Lipinski definition) is 3. The van der Waals surface area contributed by atoms with Crippen molar-refractivity contribution in [2.24, 2.45) is 5.92 Å². The molecule has 2 fully saturated rings. The maximum Gasteiger partial charge on any atom is 0.315 e. The van der Waals surface area contributed by atoms with Gasteiger partial charge in [0.1, 0.15) is 0 Å². The van der Waals surface area contributed by atoms with Gasteiger partial charge in [0.05, 0.1) is 12.0 Å². The number of hydrogen-bond donors (Lipinski definition) is 3. The molecule has 2 aliphatic carbocycles. The third kappa shape index (κ3) is 4.10. The molecule has 114 valence electrons. The van der Waals surface area contributed by atoms with Crippen molar-refractivity contribution in [2.45, 2.75) is 63.1 Å². The van der Waals surface area contributed by atoms with Gasteiger partial charge in [0.2, 0.25) is 0 Å². The number of carboxylic acid groups (broad SMARTS) is 1. The molecule has 20 heavy (non-hydrogen) atoms. The van der Waals surface area contributed by atoms with Crippen molar-refractivity contribution in [3.8, 4) is 0 Å². The topological polar surface area (TPSA) is 87.7 Å². The Labute approximate surface area is 119 Å². The minimum absolute atomic E-state index is 0.0236. The van der Waals surface area contributed by atoms with Crippen LogP contribution in [0.15, 0.2) is 0 Å². The normalized spacial score (nSPS) is 33.6. The Morgan fingerprint density at radius 2 is 1.75 bits per heavy atom. The molecule has 0 aromatic carbocycles. The summed E-state index contributed by atoms with van der Waals surface area (Å²) < 4.78 is 5.28. The van der Waals surface area contributed by atoms with E-state index in [4.69, 9.17) is 9.84 Å². The smallest absolute Gasteiger partial charge is 0.315 e. The molecule has 0 saturated heterocycles. The third-order valence-corrected chi connectivity index (χ3v) is 4.41. The van der Waals surface area contributed by atoms with E-state index in [1.54, 1.807) is 7.11 Å². The van der Waals surface area contributed by atoms with Crippen LogP contribution < -0.4 is 10.6 Å². The van der Waals surface area contributed by atoms with Crippen LogP contribution in [0.2, 0.25) is 0 Å². The monoisotopic (exact) mass is 284 g/mol. The Morgan fingerprint density at radius 1 is 1.05 bits per heavy atom. The highest BCUT2D eigenvalue weighted by atomic mass is 16.5. The number of aliphatic carboxylic acids is 1. The molecular weight excluding hydrogens is 260 g/mol. The molecule has 0 aromatic rings. The van der Waals surface area contributed by atoms with Gasteiger partial charge in [-0.05, 0) is 38.5 Å². The lowest BCUT2D eigenvalue weighted by molar-refractivity contribution is -0.143. The highest BCUT2D eigenvalue weighted by molar-refractivity contribution is 5.75. The second-order valence-corrected chi connectivity index (χ2v) is 5.88. The van der Waals surface area contributed by atoms with E-state index in [9.17, 15) is 9.59 Å². The minimum atomic E-state index is -0.754. The number of rotatable bonds is 4. The van der Waals surface area contributed by atoms with E-state index in [-0.39, 0.29) is 30.1 Å². The van der Waals surface area contributed by atoms with Crippen LogP contribution in [0.3, 0.4) is 0 Å². The predicted molar refractivity (Wildman–Crippen MR) is 73.5 cm³/mol. The molecule has 0 heterocycles. The lowest BCUT2D eigenvalue weighted by Gasteiger charge is -2.28. The van der Waals surface area contributed by atoms with Crippen LogP contribution in [-0.2, 0) is 9.53 Å². The summed E-state index contributed by atoms with van der Waals surface area (Å²) in [6.45, 7) is 0. The number of nitrogens with one attached hydrogen (secondary N) is 2. The van der Waals surface area contributed by atoms with Crippen LogP contribution in [0.1, 0.15) is 44.9 Å². The number of ether oxygens (including phenoxy) is 1. The molecule has 0 radical (unpaired) electrons. The molecule has 4 unspecified atom stereocenters. The van der Waals surface area contributed by atoms with Gasteiger partial charge >= 0.3 is 12.0 Å². The summed E-state index contributed by atoms with van der Waals surface area (Å²) in [5, 5.41) is 14.9. The zero-order chi connectivity index (χ0) is 14.5. The molecule has 2 rings (SSSR count). The van der Waals surface area contributed by atoms with Crippen LogP contribution in [0, 0.1) is 5.92 Å². The van der Waals surface area contributed by atoms with Crippen molar-refractivity contribution in [2.75, 3.05) is 7.11 Å². The summed E-state index contributed by atoms with van der Waals surface area (Å²) in [6.07, 6.45) is 5.99. The number of urea groups is 1. The van der Waals surface area contributed by atoms with Gasteiger partial charge in [-0.1, -0.05) is 6.42 Å². The van der Waals surface area contributed by atoms with Gasteiger partial charge in [0, 0.05) is 19.2 Å². The molecule has 0 aliphatic heterocycles. The van der Waals surface area contributed by atoms with Crippen molar-refractivity contribution in [3.05, 3.63) is 0 Å². The Kier molecular flexibility index (Phi) is 5.23. The van der Waals surface area contributed by atoms with Crippen molar-refractivity contribution in [1.82, 2.24) is 10.6 Å². The lowest BCUT2D eigenvalue weighted by atomic mass is 9.86. The summed E-state index contributed by atoms with van der Waals surface area (Å²) in [4.78, 5) is 22.9. The standard InChI is InChI=1S/C14H24N2O4/c1-20-12-6-5-11(8-12)16-14(19)15-10-4-2-3-9(7-10)13(17)18/h9-12H,2-8H2,1H3,(H,17,18)(H2,15,16,19). The first-order valence-corrected chi connectivity index (χ1v) is 7.41. The van der Waals surface area contributed by atoms with Crippen LogP contribution in [0.5, 0.6) is 0 Å². The Bertz CT molecular complexity index is 361. The number of carbonyl (C=O) groups excluding carboxylic acids is 1. The summed E-state index contributed by atoms with van der Waals surface area (Å²) in [5.74, 6) is -1.07. The zero-order valence-corrected chi connectivity index (χ0v) is 11.9. The summed E-state index contributed by atoms with van der Waals surface area (Å²) in [6, 6.07) is -0.0360. The Balaban J connectivity index is 1.73. The maximum atomic E-state index is 11.9. The second-order valence-electron chi connectivity index (χ2n) is 5.88. The highest BCUT2D eigenvalue weighted by Crippen LogP contribution is 2.25. The van der Waals surface area contributed by atoms with Crippen LogP contribution in [-0.4, -0.2) is 42.4 Å². The first-order valence-electron chi connectivity index (χ1n) is 7.41. The largest absolute Gasteiger partial charge is 0.481 e. The highest BCUT2D eigenvalue weighted by Gasteiger charge is 2.29. The van der Waals surface area contributed by atoms with Crippen LogP contribution >= 0.6 is 0 Å². The van der Waals surface area contributed by atoms with Crippen molar-refractivity contribution >= 4 is 12.0 Å². The number of amides is 2. The van der Waals surface area contributed by atoms with Gasteiger partial charge in [-0.3, -0.25) is 4.79 Å². The average molecular weight is 284 g/mol. The zero-order valence-electron chi connectivity index (χ0n) is 11.9. The number of carbonyl (C=O) groups is 2. The summed E-state index contributed by atoms with van der Waals surface area (Å²) in [5.41, 5.74) is 0. The molecule has 0 aromatic heterocycles. The Morgan fingerprint density at radius 3 is 2.35 bits per heavy atom. The van der Waals surface area contributed by atoms with E-state index in [0.717, 1.165) is 32.1 Å². The van der Waals surface area contributed by atoms with Crippen molar-refractivity contribution in [3.63, 3.8) is 0 Å². The van der Waals surface area contributed by atoms with E-state index in [2.05, 4.69) is 10.6 Å². The van der Waals surface area contributed by atoms with E-state index in [0.29, 0.717) is 12.8 Å². The summed E-state index contributed by atoms with van der Waals surface area (Å²) in [7, 11) is 1.70. The van der Waals surface area contributed by atoms with Gasteiger partial charge in [-0.25, -0.2) is 4.79 Å². The molecule has 6 nitrogen and oxygen atoms in total. The van der Waals surface area contributed by atoms with Gasteiger partial charge in [-0.15, -0.1) is 0 Å². The van der Waals surface area contributed by atoms with Crippen LogP contribution in [0.25, 0.3) is 0 Å². The van der Waals surface area contributed by atoms with Crippen LogP contribution in [0.4, 0.5) is 4.79 Å². The van der Waals surface area contributed by atoms with E-state index in [1.165, 1.54) is 0 Å². The average Bonchev–Trinajstić information content (AvgIpc) is 2.86. The molecule has 6 heteroatoms. The van der Waals surface area contributed by atoms with Gasteiger partial charge in [0.25, 0.3) is 0 Å². The fourth-order valence-electron chi connectivity index (χ4n) is 3.24. The molecule has 2 amide bonds. The number of carboxylic acids is 1. The van der Waals surface area contributed by atoms with Crippen molar-refractivity contribution in [1.29, 1.82) is 0 Å². The fourth-order valence-corrected chi connectivity index (χ4v) is 3.24. The van der Waals surface area contributed by atoms with Crippen molar-refractivity contribution < 1.29 is 19.4 Å². The Hall–Kier alpha value is -1.30. The van der Waals surface area contributed by atoms with Gasteiger partial charge in [-0.2, -0.15) is 0 Å². The van der Waals surface area contributed by atoms with E-state index >= 15 is 0 Å². The predicted octanol–water partition coefficient (Wildman–Crippen LogP) is 1.50. The van der Waals surface area contributed by atoms with Gasteiger partial charge < -0.3 is 20.5 Å². The third-order valence-electron chi connectivity index (χ3n) is 4.41. The molecule has 0 bridgehead atoms. The second kappa shape index (κ2) is 6.92. The van der Waals surface area contributed by atoms with E-state index < -0.39 is 5.97 Å². The molecule has 2 saturated carbocycles. The molecular formula is C14H24N2O4. The molecule has 4 atom stereocenters. The number of methoxy groups -OCH3 is 1. The molecule has 0 spiro atoms. The SMILES string of the molecule is COC1CCC(NC(=O)NC2CCCC(C(=O)O)C2)C1. The first kappa shape index (κ1) is 15.1. The fraction of sp³-hybridized carbons (Fsp3) is 0.857. The van der Waals surface area contributed by atoms with E-state index in [1.807, 2.05) is 0 Å². The molecule has 3 N–H and O–H groups in total. The maximum absolute atomic E-state index is 11.9. The first-order chi connectivity index (χ1) is 9.58. The minimum Gasteiger partial charge on any atom is -0.481 e. The summed E-state index contributed by atoms with van der Waals surface area (Å²) >= 11 is 0. The lowest BCUT2D eigenvalue weighted by Crippen LogP contribution is -2.47.